The minimum absolute atomic E-state index is 0.547. The van der Waals surface area contributed by atoms with Gasteiger partial charge in [-0.15, -0.1) is 0 Å². The van der Waals surface area contributed by atoms with Crippen LogP contribution in [0.25, 0.3) is 5.69 Å². The quantitative estimate of drug-likeness (QED) is 0.847. The van der Waals surface area contributed by atoms with Gasteiger partial charge in [-0.2, -0.15) is 13.2 Å². The fraction of sp³-hybridized carbons (Fsp3) is 0.333. The molecular formula is C15H16F3N3OS. The molecule has 0 aliphatic carbocycles. The number of aryl methyl sites for hydroxylation is 1. The lowest BCUT2D eigenvalue weighted by Gasteiger charge is -2.14. The van der Waals surface area contributed by atoms with Crippen LogP contribution in [0.5, 0.6) is 0 Å². The van der Waals surface area contributed by atoms with Crippen molar-refractivity contribution in [2.24, 2.45) is 0 Å². The van der Waals surface area contributed by atoms with Gasteiger partial charge in [0.1, 0.15) is 6.54 Å². The molecule has 2 aromatic rings. The lowest BCUT2D eigenvalue weighted by atomic mass is 10.2. The number of benzene rings is 1. The van der Waals surface area contributed by atoms with E-state index < -0.39 is 23.9 Å². The molecule has 23 heavy (non-hydrogen) atoms. The summed E-state index contributed by atoms with van der Waals surface area (Å²) in [5, 5.41) is 1.74. The summed E-state index contributed by atoms with van der Waals surface area (Å²) < 4.78 is 38.2. The molecule has 0 aliphatic heterocycles. The average molecular weight is 343 g/mol. The summed E-state index contributed by atoms with van der Waals surface area (Å²) in [5.41, 5.74) is 1.95. The van der Waals surface area contributed by atoms with Crippen LogP contribution in [0.3, 0.4) is 0 Å². The second kappa shape index (κ2) is 7.08. The van der Waals surface area contributed by atoms with Gasteiger partial charge in [-0.3, -0.25) is 9.36 Å². The lowest BCUT2D eigenvalue weighted by molar-refractivity contribution is -0.137. The Balaban J connectivity index is 2.06. The van der Waals surface area contributed by atoms with Crippen LogP contribution in [-0.4, -0.2) is 33.4 Å². The second-order valence-corrected chi connectivity index (χ2v) is 6.32. The van der Waals surface area contributed by atoms with E-state index >= 15 is 0 Å². The third-order valence-corrected chi connectivity index (χ3v) is 4.08. The van der Waals surface area contributed by atoms with Crippen molar-refractivity contribution in [3.05, 3.63) is 42.2 Å². The van der Waals surface area contributed by atoms with Crippen LogP contribution in [0.4, 0.5) is 13.2 Å². The van der Waals surface area contributed by atoms with Gasteiger partial charge in [-0.05, 0) is 31.5 Å². The van der Waals surface area contributed by atoms with E-state index in [0.717, 1.165) is 23.0 Å². The number of amides is 1. The summed E-state index contributed by atoms with van der Waals surface area (Å²) in [6, 6.07) is 7.71. The Morgan fingerprint density at radius 3 is 2.83 bits per heavy atom. The highest BCUT2D eigenvalue weighted by Crippen LogP contribution is 2.25. The maximum atomic E-state index is 12.1. The standard InChI is InChI=1S/C15H16F3N3OS/c1-10-4-3-5-12(8-10)21-7-6-19-14(21)23-11(2)13(22)20-9-15(16,17)18/h3-8,11H,9H2,1-2H3,(H,20,22). The number of nitrogens with zero attached hydrogens (tertiary/aromatic N) is 2. The highest BCUT2D eigenvalue weighted by molar-refractivity contribution is 8.00. The zero-order valence-electron chi connectivity index (χ0n) is 12.6. The monoisotopic (exact) mass is 343 g/mol. The van der Waals surface area contributed by atoms with Gasteiger partial charge in [0.05, 0.1) is 5.25 Å². The molecule has 1 amide bonds. The van der Waals surface area contributed by atoms with E-state index in [1.165, 1.54) is 0 Å². The summed E-state index contributed by atoms with van der Waals surface area (Å²) in [6.45, 7) is 2.18. The Morgan fingerprint density at radius 2 is 2.17 bits per heavy atom. The zero-order chi connectivity index (χ0) is 17.0. The van der Waals surface area contributed by atoms with Crippen molar-refractivity contribution >= 4 is 17.7 Å². The molecule has 1 N–H and O–H groups in total. The van der Waals surface area contributed by atoms with Crippen molar-refractivity contribution in [2.45, 2.75) is 30.4 Å². The van der Waals surface area contributed by atoms with Crippen LogP contribution >= 0.6 is 11.8 Å². The van der Waals surface area contributed by atoms with E-state index in [2.05, 4.69) is 4.98 Å². The molecule has 4 nitrogen and oxygen atoms in total. The average Bonchev–Trinajstić information content (AvgIpc) is 2.92. The fourth-order valence-corrected chi connectivity index (χ4v) is 2.80. The number of hydrogen-bond acceptors (Lipinski definition) is 3. The van der Waals surface area contributed by atoms with Crippen LogP contribution in [0, 0.1) is 6.92 Å². The van der Waals surface area contributed by atoms with Crippen molar-refractivity contribution in [1.82, 2.24) is 14.9 Å². The van der Waals surface area contributed by atoms with Gasteiger partial charge >= 0.3 is 6.18 Å². The number of hydrogen-bond donors (Lipinski definition) is 1. The maximum absolute atomic E-state index is 12.1. The normalized spacial score (nSPS) is 12.9. The molecule has 1 heterocycles. The molecule has 8 heteroatoms. The van der Waals surface area contributed by atoms with Gasteiger partial charge < -0.3 is 5.32 Å². The van der Waals surface area contributed by atoms with Crippen molar-refractivity contribution in [1.29, 1.82) is 0 Å². The Kier molecular flexibility index (Phi) is 5.35. The molecule has 0 radical (unpaired) electrons. The molecule has 0 fully saturated rings. The number of nitrogens with one attached hydrogen (secondary N) is 1. The number of thioether (sulfide) groups is 1. The Hall–Kier alpha value is -1.96. The molecule has 1 aromatic carbocycles. The van der Waals surface area contributed by atoms with E-state index in [0.29, 0.717) is 5.16 Å². The molecular weight excluding hydrogens is 327 g/mol. The first kappa shape index (κ1) is 17.4. The van der Waals surface area contributed by atoms with Gasteiger partial charge in [0.25, 0.3) is 0 Å². The SMILES string of the molecule is Cc1cccc(-n2ccnc2SC(C)C(=O)NCC(F)(F)F)c1. The molecule has 0 spiro atoms. The van der Waals surface area contributed by atoms with Crippen LogP contribution < -0.4 is 5.32 Å². The van der Waals surface area contributed by atoms with E-state index in [1.807, 2.05) is 36.5 Å². The molecule has 0 saturated carbocycles. The highest BCUT2D eigenvalue weighted by Gasteiger charge is 2.29. The number of carbonyl (C=O) groups excluding carboxylic acids is 1. The second-order valence-electron chi connectivity index (χ2n) is 5.01. The lowest BCUT2D eigenvalue weighted by Crippen LogP contribution is -2.38. The molecule has 0 saturated heterocycles. The molecule has 0 bridgehead atoms. The summed E-state index contributed by atoms with van der Waals surface area (Å²) in [7, 11) is 0. The molecule has 1 unspecified atom stereocenters. The van der Waals surface area contributed by atoms with E-state index in [-0.39, 0.29) is 0 Å². The number of halogens is 3. The number of carbonyl (C=O) groups is 1. The summed E-state index contributed by atoms with van der Waals surface area (Å²) in [4.78, 5) is 15.9. The first-order chi connectivity index (χ1) is 10.8. The predicted octanol–water partition coefficient (Wildman–Crippen LogP) is 3.34. The van der Waals surface area contributed by atoms with Crippen molar-refractivity contribution < 1.29 is 18.0 Å². The summed E-state index contributed by atoms with van der Waals surface area (Å²) in [6.07, 6.45) is -1.08. The minimum Gasteiger partial charge on any atom is -0.346 e. The largest absolute Gasteiger partial charge is 0.405 e. The van der Waals surface area contributed by atoms with Gasteiger partial charge in [0, 0.05) is 18.1 Å². The molecule has 124 valence electrons. The maximum Gasteiger partial charge on any atom is 0.405 e. The van der Waals surface area contributed by atoms with Crippen LogP contribution in [0.1, 0.15) is 12.5 Å². The number of rotatable bonds is 5. The van der Waals surface area contributed by atoms with Crippen molar-refractivity contribution in [3.63, 3.8) is 0 Å². The van der Waals surface area contributed by atoms with Gasteiger partial charge in [0.2, 0.25) is 5.91 Å². The smallest absolute Gasteiger partial charge is 0.346 e. The third kappa shape index (κ3) is 5.02. The Bertz CT molecular complexity index is 685. The number of alkyl halides is 3. The Labute approximate surface area is 136 Å². The van der Waals surface area contributed by atoms with Gasteiger partial charge in [0.15, 0.2) is 5.16 Å². The Morgan fingerprint density at radius 1 is 1.43 bits per heavy atom. The molecule has 0 aliphatic rings. The predicted molar refractivity (Wildman–Crippen MR) is 82.7 cm³/mol. The first-order valence-electron chi connectivity index (χ1n) is 6.88. The highest BCUT2D eigenvalue weighted by atomic mass is 32.2. The number of imidazole rings is 1. The van der Waals surface area contributed by atoms with Gasteiger partial charge in [-0.1, -0.05) is 23.9 Å². The van der Waals surface area contributed by atoms with E-state index in [1.54, 1.807) is 23.9 Å². The summed E-state index contributed by atoms with van der Waals surface area (Å²) in [5.74, 6) is -0.675. The van der Waals surface area contributed by atoms with Crippen LogP contribution in [-0.2, 0) is 4.79 Å². The molecule has 1 atom stereocenters. The van der Waals surface area contributed by atoms with Crippen molar-refractivity contribution in [3.8, 4) is 5.69 Å². The van der Waals surface area contributed by atoms with Crippen LogP contribution in [0.15, 0.2) is 41.8 Å². The first-order valence-corrected chi connectivity index (χ1v) is 7.76. The summed E-state index contributed by atoms with van der Waals surface area (Å²) >= 11 is 1.11. The minimum atomic E-state index is -4.42. The topological polar surface area (TPSA) is 46.9 Å². The number of aromatic nitrogens is 2. The molecule has 1 aromatic heterocycles. The van der Waals surface area contributed by atoms with E-state index in [4.69, 9.17) is 0 Å². The van der Waals surface area contributed by atoms with Gasteiger partial charge in [-0.25, -0.2) is 4.98 Å². The fourth-order valence-electron chi connectivity index (χ4n) is 1.89. The van der Waals surface area contributed by atoms with E-state index in [9.17, 15) is 18.0 Å². The third-order valence-electron chi connectivity index (χ3n) is 3.00. The zero-order valence-corrected chi connectivity index (χ0v) is 13.4. The molecule has 2 rings (SSSR count). The van der Waals surface area contributed by atoms with Crippen LogP contribution in [0.2, 0.25) is 0 Å². The van der Waals surface area contributed by atoms with Crippen molar-refractivity contribution in [2.75, 3.05) is 6.54 Å².